The Morgan fingerprint density at radius 2 is 0.400 bits per heavy atom. The van der Waals surface area contributed by atoms with E-state index in [1.807, 2.05) is 18.2 Å². The molecular formula is C57H39N3. The lowest BCUT2D eigenvalue weighted by Gasteiger charge is -2.15. The number of hydrogen-bond donors (Lipinski definition) is 0. The van der Waals surface area contributed by atoms with Crippen LogP contribution in [0, 0.1) is 0 Å². The van der Waals surface area contributed by atoms with Crippen molar-refractivity contribution in [3.8, 4) is 101 Å². The molecule has 3 nitrogen and oxygen atoms in total. The van der Waals surface area contributed by atoms with Crippen molar-refractivity contribution in [2.75, 3.05) is 0 Å². The van der Waals surface area contributed by atoms with Crippen molar-refractivity contribution >= 4 is 0 Å². The van der Waals surface area contributed by atoms with Gasteiger partial charge in [0.2, 0.25) is 0 Å². The van der Waals surface area contributed by atoms with Crippen LogP contribution in [-0.2, 0) is 0 Å². The number of rotatable bonds is 9. The summed E-state index contributed by atoms with van der Waals surface area (Å²) in [5.41, 5.74) is 16.5. The second kappa shape index (κ2) is 16.5. The molecule has 1 aromatic heterocycles. The molecule has 0 saturated carbocycles. The summed E-state index contributed by atoms with van der Waals surface area (Å²) in [5.74, 6) is 1.85. The van der Waals surface area contributed by atoms with Crippen LogP contribution in [0.2, 0.25) is 0 Å². The monoisotopic (exact) mass is 765 g/mol. The van der Waals surface area contributed by atoms with E-state index in [0.717, 1.165) is 50.1 Å². The lowest BCUT2D eigenvalue weighted by atomic mass is 9.91. The maximum Gasteiger partial charge on any atom is 0.164 e. The number of aromatic nitrogens is 3. The largest absolute Gasteiger partial charge is 0.208 e. The molecule has 1 heterocycles. The summed E-state index contributed by atoms with van der Waals surface area (Å²) in [6.07, 6.45) is 0. The molecule has 0 bridgehead atoms. The lowest BCUT2D eigenvalue weighted by molar-refractivity contribution is 1.07. The van der Waals surface area contributed by atoms with Gasteiger partial charge in [-0.1, -0.05) is 224 Å². The van der Waals surface area contributed by atoms with Crippen molar-refractivity contribution in [2.24, 2.45) is 0 Å². The molecule has 9 aromatic carbocycles. The molecule has 10 rings (SSSR count). The molecule has 0 spiro atoms. The van der Waals surface area contributed by atoms with Gasteiger partial charge < -0.3 is 0 Å². The fraction of sp³-hybridized carbons (Fsp3) is 0. The van der Waals surface area contributed by atoms with Crippen molar-refractivity contribution in [3.63, 3.8) is 0 Å². The summed E-state index contributed by atoms with van der Waals surface area (Å²) < 4.78 is 0. The Kier molecular flexibility index (Phi) is 9.97. The van der Waals surface area contributed by atoms with E-state index in [1.54, 1.807) is 0 Å². The van der Waals surface area contributed by atoms with E-state index in [9.17, 15) is 0 Å². The van der Waals surface area contributed by atoms with Crippen molar-refractivity contribution in [2.45, 2.75) is 0 Å². The summed E-state index contributed by atoms with van der Waals surface area (Å²) >= 11 is 0. The van der Waals surface area contributed by atoms with Gasteiger partial charge in [-0.25, -0.2) is 15.0 Å². The minimum Gasteiger partial charge on any atom is -0.208 e. The van der Waals surface area contributed by atoms with E-state index < -0.39 is 0 Å². The van der Waals surface area contributed by atoms with Crippen LogP contribution in [0.25, 0.3) is 101 Å². The van der Waals surface area contributed by atoms with Gasteiger partial charge in [-0.2, -0.15) is 0 Å². The van der Waals surface area contributed by atoms with E-state index in [4.69, 9.17) is 15.0 Å². The third-order valence-electron chi connectivity index (χ3n) is 11.0. The number of benzene rings is 9. The normalized spacial score (nSPS) is 11.0. The standard InChI is InChI=1S/C57H39N3/c1-4-20-40(21-5-1)47-30-10-12-32-49(47)43-26-18-28-45(38-43)51-34-14-16-36-53(51)56-58-55(42-24-8-3-9-25-42)59-57(60-56)54-37-17-15-35-52(54)46-29-19-27-44(39-46)50-33-13-11-31-48(50)41-22-6-2-7-23-41/h1-39H. The number of nitrogens with zero attached hydrogens (tertiary/aromatic N) is 3. The zero-order valence-corrected chi connectivity index (χ0v) is 32.9. The van der Waals surface area contributed by atoms with Crippen LogP contribution in [0.3, 0.4) is 0 Å². The van der Waals surface area contributed by atoms with Gasteiger partial charge in [0.15, 0.2) is 17.5 Å². The molecule has 0 N–H and O–H groups in total. The second-order valence-electron chi connectivity index (χ2n) is 14.7. The van der Waals surface area contributed by atoms with Gasteiger partial charge in [0.25, 0.3) is 0 Å². The van der Waals surface area contributed by atoms with Crippen LogP contribution in [0.1, 0.15) is 0 Å². The molecule has 0 aliphatic heterocycles. The van der Waals surface area contributed by atoms with Crippen LogP contribution >= 0.6 is 0 Å². The summed E-state index contributed by atoms with van der Waals surface area (Å²) in [6.45, 7) is 0. The van der Waals surface area contributed by atoms with Crippen molar-refractivity contribution in [3.05, 3.63) is 237 Å². The predicted molar refractivity (Wildman–Crippen MR) is 249 cm³/mol. The van der Waals surface area contributed by atoms with Gasteiger partial charge in [-0.15, -0.1) is 0 Å². The van der Waals surface area contributed by atoms with Gasteiger partial charge in [0.1, 0.15) is 0 Å². The Morgan fingerprint density at radius 3 is 0.750 bits per heavy atom. The summed E-state index contributed by atoms with van der Waals surface area (Å²) in [6, 6.07) is 83.0. The molecule has 0 saturated heterocycles. The van der Waals surface area contributed by atoms with E-state index in [-0.39, 0.29) is 0 Å². The third-order valence-corrected chi connectivity index (χ3v) is 11.0. The molecule has 0 aliphatic carbocycles. The number of hydrogen-bond acceptors (Lipinski definition) is 3. The molecule has 0 fully saturated rings. The van der Waals surface area contributed by atoms with E-state index >= 15 is 0 Å². The summed E-state index contributed by atoms with van der Waals surface area (Å²) in [4.78, 5) is 15.7. The molecular weight excluding hydrogens is 727 g/mol. The molecule has 0 amide bonds. The highest BCUT2D eigenvalue weighted by Crippen LogP contribution is 2.40. The second-order valence-corrected chi connectivity index (χ2v) is 14.7. The van der Waals surface area contributed by atoms with Gasteiger partial charge in [0, 0.05) is 16.7 Å². The first kappa shape index (κ1) is 36.3. The Balaban J connectivity index is 1.10. The average Bonchev–Trinajstić information content (AvgIpc) is 3.35. The summed E-state index contributed by atoms with van der Waals surface area (Å²) in [7, 11) is 0. The third kappa shape index (κ3) is 7.32. The maximum absolute atomic E-state index is 5.32. The molecule has 60 heavy (non-hydrogen) atoms. The van der Waals surface area contributed by atoms with Crippen LogP contribution in [0.5, 0.6) is 0 Å². The average molecular weight is 766 g/mol. The predicted octanol–water partition coefficient (Wildman–Crippen LogP) is 14.9. The quantitative estimate of drug-likeness (QED) is 0.147. The topological polar surface area (TPSA) is 38.7 Å². The fourth-order valence-corrected chi connectivity index (χ4v) is 8.11. The van der Waals surface area contributed by atoms with Crippen LogP contribution < -0.4 is 0 Å². The smallest absolute Gasteiger partial charge is 0.164 e. The van der Waals surface area contributed by atoms with Crippen LogP contribution in [0.15, 0.2) is 237 Å². The zero-order chi connectivity index (χ0) is 40.1. The van der Waals surface area contributed by atoms with Gasteiger partial charge in [-0.3, -0.25) is 0 Å². The molecule has 3 heteroatoms. The molecule has 282 valence electrons. The molecule has 0 unspecified atom stereocenters. The van der Waals surface area contributed by atoms with Crippen LogP contribution in [-0.4, -0.2) is 15.0 Å². The minimum atomic E-state index is 0.616. The Hall–Kier alpha value is -8.01. The highest BCUT2D eigenvalue weighted by Gasteiger charge is 2.19. The maximum atomic E-state index is 5.32. The lowest BCUT2D eigenvalue weighted by Crippen LogP contribution is -2.02. The zero-order valence-electron chi connectivity index (χ0n) is 32.9. The van der Waals surface area contributed by atoms with E-state index in [1.165, 1.54) is 33.4 Å². The molecule has 0 atom stereocenters. The van der Waals surface area contributed by atoms with Crippen molar-refractivity contribution < 1.29 is 0 Å². The SMILES string of the molecule is c1ccc(-c2nc(-c3ccccc3-c3cccc(-c4ccccc4-c4ccccc4)c3)nc(-c3ccccc3-c3cccc(-c4ccccc4-c4ccccc4)c3)n2)cc1. The minimum absolute atomic E-state index is 0.616. The Bertz CT molecular complexity index is 2900. The Labute approximate surface area is 351 Å². The van der Waals surface area contributed by atoms with Crippen molar-refractivity contribution in [1.82, 2.24) is 15.0 Å². The van der Waals surface area contributed by atoms with Crippen LogP contribution in [0.4, 0.5) is 0 Å². The highest BCUT2D eigenvalue weighted by molar-refractivity contribution is 5.90. The van der Waals surface area contributed by atoms with Gasteiger partial charge in [-0.05, 0) is 78.9 Å². The fourth-order valence-electron chi connectivity index (χ4n) is 8.11. The highest BCUT2D eigenvalue weighted by atomic mass is 15.0. The first-order chi connectivity index (χ1) is 29.8. The Morgan fingerprint density at radius 1 is 0.167 bits per heavy atom. The first-order valence-corrected chi connectivity index (χ1v) is 20.3. The van der Waals surface area contributed by atoms with Crippen molar-refractivity contribution in [1.29, 1.82) is 0 Å². The summed E-state index contributed by atoms with van der Waals surface area (Å²) in [5, 5.41) is 0. The van der Waals surface area contributed by atoms with Gasteiger partial charge >= 0.3 is 0 Å². The molecule has 0 aliphatic rings. The van der Waals surface area contributed by atoms with E-state index in [0.29, 0.717) is 17.5 Å². The first-order valence-electron chi connectivity index (χ1n) is 20.3. The van der Waals surface area contributed by atoms with Gasteiger partial charge in [0.05, 0.1) is 0 Å². The van der Waals surface area contributed by atoms with E-state index in [2.05, 4.69) is 218 Å². The molecule has 0 radical (unpaired) electrons. The molecule has 10 aromatic rings.